The van der Waals surface area contributed by atoms with Crippen molar-refractivity contribution in [2.45, 2.75) is 19.4 Å². The highest BCUT2D eigenvalue weighted by Crippen LogP contribution is 2.16. The molecule has 1 N–H and O–H groups in total. The number of benzene rings is 1. The SMILES string of the molecule is CCC(OC(=O)c1cnccn1)C(=O)Nc1ccc(OC)cc1. The van der Waals surface area contributed by atoms with E-state index in [9.17, 15) is 9.59 Å². The van der Waals surface area contributed by atoms with E-state index in [0.29, 0.717) is 17.9 Å². The average molecular weight is 315 g/mol. The molecule has 0 spiro atoms. The van der Waals surface area contributed by atoms with Crippen LogP contribution in [0.2, 0.25) is 0 Å². The zero-order chi connectivity index (χ0) is 16.7. The number of rotatable bonds is 6. The van der Waals surface area contributed by atoms with Gasteiger partial charge in [-0.05, 0) is 30.7 Å². The van der Waals surface area contributed by atoms with Crippen LogP contribution in [-0.4, -0.2) is 35.1 Å². The van der Waals surface area contributed by atoms with Crippen molar-refractivity contribution in [3.8, 4) is 5.75 Å². The molecule has 2 aromatic rings. The highest BCUT2D eigenvalue weighted by Gasteiger charge is 2.22. The van der Waals surface area contributed by atoms with Crippen LogP contribution in [0.25, 0.3) is 0 Å². The number of ether oxygens (including phenoxy) is 2. The van der Waals surface area contributed by atoms with Crippen molar-refractivity contribution in [1.29, 1.82) is 0 Å². The lowest BCUT2D eigenvalue weighted by atomic mass is 10.2. The summed E-state index contributed by atoms with van der Waals surface area (Å²) in [6, 6.07) is 6.85. The Hall–Kier alpha value is -2.96. The van der Waals surface area contributed by atoms with Crippen LogP contribution in [-0.2, 0) is 9.53 Å². The second-order valence-electron chi connectivity index (χ2n) is 4.61. The first kappa shape index (κ1) is 16.4. The normalized spacial score (nSPS) is 11.4. The molecule has 120 valence electrons. The maximum atomic E-state index is 12.2. The minimum Gasteiger partial charge on any atom is -0.497 e. The van der Waals surface area contributed by atoms with Gasteiger partial charge in [-0.15, -0.1) is 0 Å². The van der Waals surface area contributed by atoms with Gasteiger partial charge in [0.05, 0.1) is 13.3 Å². The molecule has 1 amide bonds. The molecule has 0 aliphatic heterocycles. The van der Waals surface area contributed by atoms with E-state index in [-0.39, 0.29) is 5.69 Å². The number of nitrogens with zero attached hydrogens (tertiary/aromatic N) is 2. The molecule has 1 unspecified atom stereocenters. The van der Waals surface area contributed by atoms with Crippen LogP contribution in [0.5, 0.6) is 5.75 Å². The van der Waals surface area contributed by atoms with Crippen LogP contribution in [0.4, 0.5) is 5.69 Å². The van der Waals surface area contributed by atoms with Gasteiger partial charge in [0.15, 0.2) is 11.8 Å². The van der Waals surface area contributed by atoms with Gasteiger partial charge in [0.2, 0.25) is 0 Å². The third-order valence-corrected chi connectivity index (χ3v) is 3.04. The van der Waals surface area contributed by atoms with Crippen molar-refractivity contribution >= 4 is 17.6 Å². The van der Waals surface area contributed by atoms with Crippen molar-refractivity contribution in [2.24, 2.45) is 0 Å². The molecule has 2 rings (SSSR count). The molecule has 7 nitrogen and oxygen atoms in total. The van der Waals surface area contributed by atoms with Crippen LogP contribution in [0.3, 0.4) is 0 Å². The van der Waals surface area contributed by atoms with Gasteiger partial charge in [-0.3, -0.25) is 9.78 Å². The molecule has 23 heavy (non-hydrogen) atoms. The quantitative estimate of drug-likeness (QED) is 0.821. The fourth-order valence-electron chi connectivity index (χ4n) is 1.81. The molecule has 0 radical (unpaired) electrons. The lowest BCUT2D eigenvalue weighted by molar-refractivity contribution is -0.124. The van der Waals surface area contributed by atoms with Crippen LogP contribution in [0.15, 0.2) is 42.9 Å². The zero-order valence-electron chi connectivity index (χ0n) is 12.9. The Kier molecular flexibility index (Phi) is 5.62. The van der Waals surface area contributed by atoms with Gasteiger partial charge >= 0.3 is 5.97 Å². The fourth-order valence-corrected chi connectivity index (χ4v) is 1.81. The highest BCUT2D eigenvalue weighted by atomic mass is 16.5. The molecule has 1 atom stereocenters. The van der Waals surface area contributed by atoms with E-state index >= 15 is 0 Å². The van der Waals surface area contributed by atoms with Gasteiger partial charge in [-0.2, -0.15) is 0 Å². The first-order chi connectivity index (χ1) is 11.1. The van der Waals surface area contributed by atoms with Crippen molar-refractivity contribution < 1.29 is 19.1 Å². The summed E-state index contributed by atoms with van der Waals surface area (Å²) in [5.41, 5.74) is 0.646. The Labute approximate surface area is 133 Å². The van der Waals surface area contributed by atoms with Crippen LogP contribution < -0.4 is 10.1 Å². The molecule has 0 saturated carbocycles. The van der Waals surface area contributed by atoms with Crippen LogP contribution >= 0.6 is 0 Å². The summed E-state index contributed by atoms with van der Waals surface area (Å²) in [7, 11) is 1.56. The number of esters is 1. The van der Waals surface area contributed by atoms with Crippen LogP contribution in [0.1, 0.15) is 23.8 Å². The maximum absolute atomic E-state index is 12.2. The van der Waals surface area contributed by atoms with Crippen molar-refractivity contribution in [3.05, 3.63) is 48.5 Å². The summed E-state index contributed by atoms with van der Waals surface area (Å²) < 4.78 is 10.2. The van der Waals surface area contributed by atoms with Gasteiger partial charge < -0.3 is 14.8 Å². The first-order valence-corrected chi connectivity index (χ1v) is 7.06. The topological polar surface area (TPSA) is 90.4 Å². The summed E-state index contributed by atoms with van der Waals surface area (Å²) in [6.07, 6.45) is 3.55. The van der Waals surface area contributed by atoms with E-state index in [2.05, 4.69) is 15.3 Å². The van der Waals surface area contributed by atoms with Gasteiger partial charge in [0.1, 0.15) is 5.75 Å². The third-order valence-electron chi connectivity index (χ3n) is 3.04. The number of anilines is 1. The Morgan fingerprint density at radius 3 is 2.52 bits per heavy atom. The molecule has 0 aliphatic carbocycles. The largest absolute Gasteiger partial charge is 0.497 e. The first-order valence-electron chi connectivity index (χ1n) is 7.06. The minimum atomic E-state index is -0.911. The predicted molar refractivity (Wildman–Crippen MR) is 83.2 cm³/mol. The highest BCUT2D eigenvalue weighted by molar-refractivity contribution is 5.96. The Bertz CT molecular complexity index is 659. The Morgan fingerprint density at radius 1 is 1.22 bits per heavy atom. The van der Waals surface area contributed by atoms with Gasteiger partial charge in [0, 0.05) is 18.1 Å². The summed E-state index contributed by atoms with van der Waals surface area (Å²) in [4.78, 5) is 31.8. The van der Waals surface area contributed by atoms with E-state index in [1.54, 1.807) is 38.3 Å². The standard InChI is InChI=1S/C16H17N3O4/c1-3-14(23-16(21)13-10-17-8-9-18-13)15(20)19-11-4-6-12(22-2)7-5-11/h4-10,14H,3H2,1-2H3,(H,19,20). The molecule has 0 bridgehead atoms. The summed E-state index contributed by atoms with van der Waals surface area (Å²) >= 11 is 0. The molecule has 0 fully saturated rings. The minimum absolute atomic E-state index is 0.0585. The van der Waals surface area contributed by atoms with Gasteiger partial charge in [-0.25, -0.2) is 9.78 Å². The van der Waals surface area contributed by atoms with Crippen molar-refractivity contribution in [1.82, 2.24) is 9.97 Å². The Balaban J connectivity index is 1.99. The van der Waals surface area contributed by atoms with E-state index < -0.39 is 18.0 Å². The lowest BCUT2D eigenvalue weighted by Crippen LogP contribution is -2.32. The zero-order valence-corrected chi connectivity index (χ0v) is 12.9. The van der Waals surface area contributed by atoms with Crippen molar-refractivity contribution in [3.63, 3.8) is 0 Å². The smallest absolute Gasteiger partial charge is 0.359 e. The molecular formula is C16H17N3O4. The predicted octanol–water partition coefficient (Wildman–Crippen LogP) is 2.06. The van der Waals surface area contributed by atoms with Gasteiger partial charge in [-0.1, -0.05) is 6.92 Å². The number of aromatic nitrogens is 2. The summed E-state index contributed by atoms with van der Waals surface area (Å²) in [5, 5.41) is 2.69. The molecular weight excluding hydrogens is 298 g/mol. The molecule has 1 heterocycles. The summed E-state index contributed by atoms with van der Waals surface area (Å²) in [5.74, 6) is -0.408. The average Bonchev–Trinajstić information content (AvgIpc) is 2.60. The number of carbonyl (C=O) groups excluding carboxylic acids is 2. The number of nitrogens with one attached hydrogen (secondary N) is 1. The number of amides is 1. The number of hydrogen-bond donors (Lipinski definition) is 1. The molecule has 1 aromatic carbocycles. The van der Waals surface area contributed by atoms with Crippen molar-refractivity contribution in [2.75, 3.05) is 12.4 Å². The fraction of sp³-hybridized carbons (Fsp3) is 0.250. The lowest BCUT2D eigenvalue weighted by Gasteiger charge is -2.15. The second kappa shape index (κ2) is 7.88. The summed E-state index contributed by atoms with van der Waals surface area (Å²) in [6.45, 7) is 1.75. The maximum Gasteiger partial charge on any atom is 0.359 e. The third kappa shape index (κ3) is 4.50. The number of methoxy groups -OCH3 is 1. The number of hydrogen-bond acceptors (Lipinski definition) is 6. The van der Waals surface area contributed by atoms with E-state index in [1.807, 2.05) is 0 Å². The van der Waals surface area contributed by atoms with Crippen LogP contribution in [0, 0.1) is 0 Å². The molecule has 7 heteroatoms. The number of carbonyl (C=O) groups is 2. The second-order valence-corrected chi connectivity index (χ2v) is 4.61. The van der Waals surface area contributed by atoms with E-state index in [4.69, 9.17) is 9.47 Å². The monoisotopic (exact) mass is 315 g/mol. The van der Waals surface area contributed by atoms with Gasteiger partial charge in [0.25, 0.3) is 5.91 Å². The van der Waals surface area contributed by atoms with E-state index in [1.165, 1.54) is 18.6 Å². The van der Waals surface area contributed by atoms with E-state index in [0.717, 1.165) is 0 Å². The molecule has 0 aliphatic rings. The molecule has 1 aromatic heterocycles. The molecule has 0 saturated heterocycles. The Morgan fingerprint density at radius 2 is 1.96 bits per heavy atom.